The van der Waals surface area contributed by atoms with Crippen LogP contribution >= 0.6 is 0 Å². The number of nitrogens with one attached hydrogen (secondary N) is 1. The summed E-state index contributed by atoms with van der Waals surface area (Å²) in [5.74, 6) is -1.00. The first kappa shape index (κ1) is 19.0. The minimum absolute atomic E-state index is 0.161. The third kappa shape index (κ3) is 4.40. The molecule has 0 unspecified atom stereocenters. The molecule has 0 fully saturated rings. The largest absolute Gasteiger partial charge is 0.452 e. The molecule has 1 N–H and O–H groups in total. The fraction of sp³-hybridized carbons (Fsp3) is 0.368. The number of fused-ring (bicyclic) bond motifs is 1. The smallest absolute Gasteiger partial charge is 0.338 e. The Labute approximate surface area is 151 Å². The molecule has 7 nitrogen and oxygen atoms in total. The number of carbonyl (C=O) groups excluding carboxylic acids is 2. The topological polar surface area (TPSA) is 110 Å². The second-order valence-corrected chi connectivity index (χ2v) is 5.91. The molecule has 0 saturated heterocycles. The number of rotatable bonds is 7. The quantitative estimate of drug-likeness (QED) is 0.770. The maximum Gasteiger partial charge on any atom is 0.338 e. The van der Waals surface area contributed by atoms with Gasteiger partial charge in [-0.3, -0.25) is 4.79 Å². The van der Waals surface area contributed by atoms with Crippen molar-refractivity contribution in [2.75, 3.05) is 19.7 Å². The van der Waals surface area contributed by atoms with Crippen molar-refractivity contribution < 1.29 is 14.3 Å². The van der Waals surface area contributed by atoms with Crippen molar-refractivity contribution in [1.29, 1.82) is 10.5 Å². The number of H-pyrrole nitrogens is 1. The first-order valence-corrected chi connectivity index (χ1v) is 8.25. The Morgan fingerprint density at radius 2 is 1.81 bits per heavy atom. The molecular weight excluding hydrogens is 332 g/mol. The molecule has 0 radical (unpaired) electrons. The van der Waals surface area contributed by atoms with E-state index >= 15 is 0 Å². The zero-order chi connectivity index (χ0) is 19.1. The number of aromatic amines is 1. The lowest BCUT2D eigenvalue weighted by atomic mass is 10.1. The molecule has 0 aliphatic heterocycles. The van der Waals surface area contributed by atoms with Crippen LogP contribution in [0, 0.1) is 36.5 Å². The number of nitrogens with zero attached hydrogens (tertiary/aromatic N) is 3. The summed E-state index contributed by atoms with van der Waals surface area (Å²) >= 11 is 0. The van der Waals surface area contributed by atoms with Gasteiger partial charge in [0.15, 0.2) is 6.61 Å². The second kappa shape index (κ2) is 8.68. The average Bonchev–Trinajstić information content (AvgIpc) is 2.93. The van der Waals surface area contributed by atoms with Crippen LogP contribution in [0.1, 0.15) is 34.5 Å². The highest BCUT2D eigenvalue weighted by Gasteiger charge is 2.17. The van der Waals surface area contributed by atoms with Gasteiger partial charge in [0, 0.05) is 29.7 Å². The molecule has 0 aliphatic rings. The van der Waals surface area contributed by atoms with Crippen LogP contribution in [-0.4, -0.2) is 41.5 Å². The van der Waals surface area contributed by atoms with Crippen molar-refractivity contribution >= 4 is 22.8 Å². The third-order valence-electron chi connectivity index (χ3n) is 4.21. The van der Waals surface area contributed by atoms with E-state index < -0.39 is 18.5 Å². The molecule has 2 aromatic rings. The van der Waals surface area contributed by atoms with Crippen LogP contribution < -0.4 is 0 Å². The van der Waals surface area contributed by atoms with Gasteiger partial charge in [0.1, 0.15) is 0 Å². The molecule has 1 aromatic heterocycles. The molecule has 1 aromatic carbocycles. The van der Waals surface area contributed by atoms with Crippen LogP contribution in [-0.2, 0) is 9.53 Å². The summed E-state index contributed by atoms with van der Waals surface area (Å²) in [6.45, 7) is 3.93. The molecule has 0 saturated carbocycles. The van der Waals surface area contributed by atoms with Crippen LogP contribution in [0.4, 0.5) is 0 Å². The highest BCUT2D eigenvalue weighted by molar-refractivity contribution is 5.96. The predicted molar refractivity (Wildman–Crippen MR) is 95.1 cm³/mol. The molecule has 1 amide bonds. The van der Waals surface area contributed by atoms with E-state index in [2.05, 4.69) is 4.98 Å². The molecule has 134 valence electrons. The van der Waals surface area contributed by atoms with Crippen LogP contribution in [0.15, 0.2) is 18.2 Å². The summed E-state index contributed by atoms with van der Waals surface area (Å²) in [6.07, 6.45) is 0.321. The number of carbonyl (C=O) groups is 2. The molecule has 1 heterocycles. The van der Waals surface area contributed by atoms with E-state index in [9.17, 15) is 9.59 Å². The third-order valence-corrected chi connectivity index (χ3v) is 4.21. The van der Waals surface area contributed by atoms with Gasteiger partial charge < -0.3 is 14.6 Å². The molecule has 0 atom stereocenters. The van der Waals surface area contributed by atoms with E-state index in [1.807, 2.05) is 26.0 Å². The SMILES string of the molecule is Cc1[nH]c2ccc(C(=O)OCC(=O)N(CCC#N)CCC#N)cc2c1C. The summed E-state index contributed by atoms with van der Waals surface area (Å²) < 4.78 is 5.12. The maximum atomic E-state index is 12.3. The minimum atomic E-state index is -0.584. The highest BCUT2D eigenvalue weighted by Crippen LogP contribution is 2.22. The van der Waals surface area contributed by atoms with Gasteiger partial charge in [0.2, 0.25) is 0 Å². The molecular formula is C19H20N4O3. The lowest BCUT2D eigenvalue weighted by Crippen LogP contribution is -2.36. The molecule has 0 bridgehead atoms. The number of benzene rings is 1. The van der Waals surface area contributed by atoms with Gasteiger partial charge >= 0.3 is 5.97 Å². The molecule has 26 heavy (non-hydrogen) atoms. The Balaban J connectivity index is 2.02. The van der Waals surface area contributed by atoms with Gasteiger partial charge in [-0.1, -0.05) is 0 Å². The molecule has 0 spiro atoms. The van der Waals surface area contributed by atoms with Crippen molar-refractivity contribution in [2.45, 2.75) is 26.7 Å². The van der Waals surface area contributed by atoms with Crippen molar-refractivity contribution in [3.63, 3.8) is 0 Å². The van der Waals surface area contributed by atoms with E-state index in [1.54, 1.807) is 18.2 Å². The summed E-state index contributed by atoms with van der Waals surface area (Å²) in [7, 11) is 0. The molecule has 0 aliphatic carbocycles. The van der Waals surface area contributed by atoms with Gasteiger partial charge in [0.05, 0.1) is 30.5 Å². The maximum absolute atomic E-state index is 12.3. The number of aromatic nitrogens is 1. The fourth-order valence-electron chi connectivity index (χ4n) is 2.62. The number of nitriles is 2. The van der Waals surface area contributed by atoms with Crippen LogP contribution in [0.2, 0.25) is 0 Å². The predicted octanol–water partition coefficient (Wildman–Crippen LogP) is 2.60. The Kier molecular flexibility index (Phi) is 6.35. The van der Waals surface area contributed by atoms with E-state index in [0.717, 1.165) is 22.2 Å². The average molecular weight is 352 g/mol. The van der Waals surface area contributed by atoms with Crippen molar-refractivity contribution in [1.82, 2.24) is 9.88 Å². The normalized spacial score (nSPS) is 10.2. The number of hydrogen-bond donors (Lipinski definition) is 1. The van der Waals surface area contributed by atoms with Crippen molar-refractivity contribution in [2.24, 2.45) is 0 Å². The van der Waals surface area contributed by atoms with Crippen molar-refractivity contribution in [3.05, 3.63) is 35.0 Å². The first-order valence-electron chi connectivity index (χ1n) is 8.25. The molecule has 2 rings (SSSR count). The first-order chi connectivity index (χ1) is 12.5. The summed E-state index contributed by atoms with van der Waals surface area (Å²) in [4.78, 5) is 29.0. The monoisotopic (exact) mass is 352 g/mol. The van der Waals surface area contributed by atoms with E-state index in [4.69, 9.17) is 15.3 Å². The number of esters is 1. The summed E-state index contributed by atoms with van der Waals surface area (Å²) in [6, 6.07) is 9.11. The highest BCUT2D eigenvalue weighted by atomic mass is 16.5. The van der Waals surface area contributed by atoms with Gasteiger partial charge in [-0.25, -0.2) is 4.79 Å². The van der Waals surface area contributed by atoms with Crippen molar-refractivity contribution in [3.8, 4) is 12.1 Å². The van der Waals surface area contributed by atoms with Gasteiger partial charge in [-0.05, 0) is 37.6 Å². The fourth-order valence-corrected chi connectivity index (χ4v) is 2.62. The zero-order valence-corrected chi connectivity index (χ0v) is 14.8. The second-order valence-electron chi connectivity index (χ2n) is 5.91. The van der Waals surface area contributed by atoms with Gasteiger partial charge in [0.25, 0.3) is 5.91 Å². The number of amides is 1. The van der Waals surface area contributed by atoms with E-state index in [-0.39, 0.29) is 25.9 Å². The van der Waals surface area contributed by atoms with Gasteiger partial charge in [-0.15, -0.1) is 0 Å². The van der Waals surface area contributed by atoms with Gasteiger partial charge in [-0.2, -0.15) is 10.5 Å². The minimum Gasteiger partial charge on any atom is -0.452 e. The Morgan fingerprint density at radius 1 is 1.15 bits per heavy atom. The Hall–Kier alpha value is -3.32. The lowest BCUT2D eigenvalue weighted by molar-refractivity contribution is -0.134. The van der Waals surface area contributed by atoms with E-state index in [1.165, 1.54) is 4.90 Å². The zero-order valence-electron chi connectivity index (χ0n) is 14.8. The number of aryl methyl sites for hydroxylation is 2. The standard InChI is InChI=1S/C19H20N4O3/c1-13-14(2)22-17-6-5-15(11-16(13)17)19(25)26-12-18(24)23(9-3-7-20)10-4-8-21/h5-6,11,22H,3-4,9-10,12H2,1-2H3. The number of ether oxygens (including phenoxy) is 1. The summed E-state index contributed by atoms with van der Waals surface area (Å²) in [5, 5.41) is 18.3. The van der Waals surface area contributed by atoms with Crippen LogP contribution in [0.3, 0.4) is 0 Å². The van der Waals surface area contributed by atoms with E-state index in [0.29, 0.717) is 5.56 Å². The Morgan fingerprint density at radius 3 is 2.42 bits per heavy atom. The van der Waals surface area contributed by atoms with Crippen LogP contribution in [0.5, 0.6) is 0 Å². The summed E-state index contributed by atoms with van der Waals surface area (Å²) in [5.41, 5.74) is 3.40. The molecule has 7 heteroatoms. The van der Waals surface area contributed by atoms with Crippen LogP contribution in [0.25, 0.3) is 10.9 Å². The number of hydrogen-bond acceptors (Lipinski definition) is 5. The Bertz CT molecular complexity index is 884. The lowest BCUT2D eigenvalue weighted by Gasteiger charge is -2.20.